The Morgan fingerprint density at radius 3 is 2.53 bits per heavy atom. The number of carboxylic acids is 1. The van der Waals surface area contributed by atoms with E-state index in [9.17, 15) is 9.59 Å². The first-order valence-corrected chi connectivity index (χ1v) is 7.91. The van der Waals surface area contributed by atoms with Gasteiger partial charge in [-0.05, 0) is 19.8 Å². The zero-order chi connectivity index (χ0) is 14.4. The zero-order valence-electron chi connectivity index (χ0n) is 11.2. The van der Waals surface area contributed by atoms with Gasteiger partial charge >= 0.3 is 5.97 Å². The van der Waals surface area contributed by atoms with Gasteiger partial charge in [0.2, 0.25) is 5.91 Å². The number of nitrogens with zero attached hydrogens (tertiary/aromatic N) is 1. The quantitative estimate of drug-likeness (QED) is 0.757. The summed E-state index contributed by atoms with van der Waals surface area (Å²) in [5.74, 6) is -0.741. The van der Waals surface area contributed by atoms with Gasteiger partial charge in [0, 0.05) is 6.04 Å². The molecule has 0 saturated carbocycles. The average molecular weight is 302 g/mol. The molecule has 1 heterocycles. The molecule has 0 aliphatic carbocycles. The van der Waals surface area contributed by atoms with E-state index in [1.165, 1.54) is 11.8 Å². The maximum atomic E-state index is 11.7. The number of thioether (sulfide) groups is 1. The van der Waals surface area contributed by atoms with E-state index >= 15 is 0 Å². The van der Waals surface area contributed by atoms with E-state index in [1.54, 1.807) is 6.92 Å². The Labute approximate surface area is 120 Å². The van der Waals surface area contributed by atoms with Gasteiger partial charge in [0.15, 0.2) is 4.34 Å². The van der Waals surface area contributed by atoms with Crippen LogP contribution >= 0.6 is 23.1 Å². The van der Waals surface area contributed by atoms with Crippen molar-refractivity contribution in [3.8, 4) is 0 Å². The Morgan fingerprint density at radius 2 is 2.05 bits per heavy atom. The van der Waals surface area contributed by atoms with E-state index in [0.29, 0.717) is 10.0 Å². The van der Waals surface area contributed by atoms with E-state index in [2.05, 4.69) is 10.3 Å². The minimum absolute atomic E-state index is 0.0385. The molecule has 0 fully saturated rings. The highest BCUT2D eigenvalue weighted by molar-refractivity contribution is 8.01. The lowest BCUT2D eigenvalue weighted by molar-refractivity contribution is -0.119. The summed E-state index contributed by atoms with van der Waals surface area (Å²) in [6, 6.07) is 0.209. The Hall–Kier alpha value is -1.08. The van der Waals surface area contributed by atoms with Gasteiger partial charge in [-0.15, -0.1) is 11.3 Å². The average Bonchev–Trinajstić information content (AvgIpc) is 2.75. The molecule has 1 aromatic heterocycles. The van der Waals surface area contributed by atoms with Crippen molar-refractivity contribution in [3.05, 3.63) is 10.6 Å². The Morgan fingerprint density at radius 1 is 1.42 bits per heavy atom. The van der Waals surface area contributed by atoms with E-state index in [0.717, 1.165) is 24.2 Å². The first kappa shape index (κ1) is 16.0. The van der Waals surface area contributed by atoms with Crippen LogP contribution in [0.1, 0.15) is 42.1 Å². The van der Waals surface area contributed by atoms with E-state index < -0.39 is 5.97 Å². The SMILES string of the molecule is CCC(CC)NC(=O)CSc1nc(C)c(C(=O)O)s1. The Balaban J connectivity index is 2.50. The van der Waals surface area contributed by atoms with Crippen molar-refractivity contribution in [3.63, 3.8) is 0 Å². The molecule has 0 aliphatic rings. The molecular formula is C12H18N2O3S2. The molecule has 5 nitrogen and oxygen atoms in total. The van der Waals surface area contributed by atoms with Crippen LogP contribution in [0.3, 0.4) is 0 Å². The lowest BCUT2D eigenvalue weighted by atomic mass is 10.2. The Kier molecular flexibility index (Phi) is 6.30. The summed E-state index contributed by atoms with van der Waals surface area (Å²) in [6.45, 7) is 5.73. The lowest BCUT2D eigenvalue weighted by Crippen LogP contribution is -2.34. The maximum Gasteiger partial charge on any atom is 0.347 e. The molecule has 19 heavy (non-hydrogen) atoms. The van der Waals surface area contributed by atoms with Gasteiger partial charge in [-0.1, -0.05) is 25.6 Å². The van der Waals surface area contributed by atoms with Crippen LogP contribution in [-0.4, -0.2) is 33.8 Å². The molecule has 7 heteroatoms. The number of aryl methyl sites for hydroxylation is 1. The summed E-state index contributed by atoms with van der Waals surface area (Å²) in [4.78, 5) is 27.0. The highest BCUT2D eigenvalue weighted by atomic mass is 32.2. The van der Waals surface area contributed by atoms with Gasteiger partial charge in [0.05, 0.1) is 11.4 Å². The standard InChI is InChI=1S/C12H18N2O3S2/c1-4-8(5-2)14-9(15)6-18-12-13-7(3)10(19-12)11(16)17/h8H,4-6H2,1-3H3,(H,14,15)(H,16,17). The van der Waals surface area contributed by atoms with Gasteiger partial charge in [-0.25, -0.2) is 9.78 Å². The van der Waals surface area contributed by atoms with Crippen LogP contribution in [0.5, 0.6) is 0 Å². The molecule has 1 aromatic rings. The van der Waals surface area contributed by atoms with Crippen LogP contribution in [-0.2, 0) is 4.79 Å². The summed E-state index contributed by atoms with van der Waals surface area (Å²) < 4.78 is 0.620. The summed E-state index contributed by atoms with van der Waals surface area (Å²) in [6.07, 6.45) is 1.82. The summed E-state index contributed by atoms with van der Waals surface area (Å²) >= 11 is 2.39. The molecule has 0 saturated heterocycles. The van der Waals surface area contributed by atoms with Gasteiger partial charge in [-0.3, -0.25) is 4.79 Å². The van der Waals surface area contributed by atoms with Crippen LogP contribution in [0, 0.1) is 6.92 Å². The predicted octanol–water partition coefficient (Wildman–Crippen LogP) is 2.55. The van der Waals surface area contributed by atoms with Crippen molar-refractivity contribution < 1.29 is 14.7 Å². The van der Waals surface area contributed by atoms with Gasteiger partial charge in [0.1, 0.15) is 4.88 Å². The largest absolute Gasteiger partial charge is 0.477 e. The van der Waals surface area contributed by atoms with Crippen molar-refractivity contribution in [2.75, 3.05) is 5.75 Å². The molecule has 2 N–H and O–H groups in total. The first-order chi connectivity index (χ1) is 8.97. The molecule has 0 aliphatic heterocycles. The summed E-state index contributed by atoms with van der Waals surface area (Å²) in [5, 5.41) is 11.9. The first-order valence-electron chi connectivity index (χ1n) is 6.10. The highest BCUT2D eigenvalue weighted by Gasteiger charge is 2.15. The number of aromatic carboxylic acids is 1. The molecule has 1 rings (SSSR count). The van der Waals surface area contributed by atoms with Crippen molar-refractivity contribution in [2.45, 2.75) is 44.0 Å². The molecular weight excluding hydrogens is 284 g/mol. The number of amides is 1. The van der Waals surface area contributed by atoms with Gasteiger partial charge in [0.25, 0.3) is 0 Å². The molecule has 0 atom stereocenters. The van der Waals surface area contributed by atoms with Crippen LogP contribution in [0.15, 0.2) is 4.34 Å². The van der Waals surface area contributed by atoms with Crippen molar-refractivity contribution in [1.82, 2.24) is 10.3 Å². The molecule has 0 bridgehead atoms. The third-order valence-electron chi connectivity index (χ3n) is 2.65. The van der Waals surface area contributed by atoms with Crippen molar-refractivity contribution in [2.24, 2.45) is 0 Å². The van der Waals surface area contributed by atoms with Gasteiger partial charge < -0.3 is 10.4 Å². The predicted molar refractivity (Wildman–Crippen MR) is 77.0 cm³/mol. The minimum atomic E-state index is -0.969. The lowest BCUT2D eigenvalue weighted by Gasteiger charge is -2.13. The topological polar surface area (TPSA) is 79.3 Å². The number of thiazole rings is 1. The Bertz CT molecular complexity index is 456. The second kappa shape index (κ2) is 7.49. The summed E-state index contributed by atoms with van der Waals surface area (Å²) in [5.41, 5.74) is 0.500. The monoisotopic (exact) mass is 302 g/mol. The molecule has 0 aromatic carbocycles. The highest BCUT2D eigenvalue weighted by Crippen LogP contribution is 2.26. The molecule has 0 unspecified atom stereocenters. The number of hydrogen-bond donors (Lipinski definition) is 2. The van der Waals surface area contributed by atoms with E-state index in [-0.39, 0.29) is 22.6 Å². The third-order valence-corrected chi connectivity index (χ3v) is 4.94. The number of carbonyl (C=O) groups excluding carboxylic acids is 1. The zero-order valence-corrected chi connectivity index (χ0v) is 12.9. The number of carboxylic acid groups (broad SMARTS) is 1. The number of nitrogens with one attached hydrogen (secondary N) is 1. The molecule has 1 amide bonds. The number of hydrogen-bond acceptors (Lipinski definition) is 5. The van der Waals surface area contributed by atoms with Crippen molar-refractivity contribution >= 4 is 35.0 Å². The van der Waals surface area contributed by atoms with E-state index in [4.69, 9.17) is 5.11 Å². The fourth-order valence-electron chi connectivity index (χ4n) is 1.52. The number of rotatable bonds is 7. The van der Waals surface area contributed by atoms with Crippen LogP contribution in [0.2, 0.25) is 0 Å². The second-order valence-electron chi connectivity index (χ2n) is 4.07. The van der Waals surface area contributed by atoms with Crippen LogP contribution in [0.4, 0.5) is 0 Å². The van der Waals surface area contributed by atoms with Crippen molar-refractivity contribution in [1.29, 1.82) is 0 Å². The van der Waals surface area contributed by atoms with Gasteiger partial charge in [-0.2, -0.15) is 0 Å². The molecule has 0 spiro atoms. The fraction of sp³-hybridized carbons (Fsp3) is 0.583. The molecule has 0 radical (unpaired) electrons. The third kappa shape index (κ3) is 4.83. The molecule has 106 valence electrons. The second-order valence-corrected chi connectivity index (χ2v) is 6.29. The fourth-order valence-corrected chi connectivity index (χ4v) is 3.36. The normalized spacial score (nSPS) is 10.7. The minimum Gasteiger partial charge on any atom is -0.477 e. The summed E-state index contributed by atoms with van der Waals surface area (Å²) in [7, 11) is 0. The maximum absolute atomic E-state index is 11.7. The van der Waals surface area contributed by atoms with E-state index in [1.807, 2.05) is 13.8 Å². The van der Waals surface area contributed by atoms with Crippen LogP contribution in [0.25, 0.3) is 0 Å². The number of carbonyl (C=O) groups is 2. The number of aromatic nitrogens is 1. The van der Waals surface area contributed by atoms with Crippen LogP contribution < -0.4 is 5.32 Å². The smallest absolute Gasteiger partial charge is 0.347 e.